The van der Waals surface area contributed by atoms with Gasteiger partial charge in [0, 0.05) is 22.5 Å². The molecule has 3 rings (SSSR count). The Labute approximate surface area is 131 Å². The van der Waals surface area contributed by atoms with E-state index in [4.69, 9.17) is 17.3 Å². The molecule has 0 fully saturated rings. The van der Waals surface area contributed by atoms with E-state index in [2.05, 4.69) is 30.9 Å². The van der Waals surface area contributed by atoms with Gasteiger partial charge in [0.1, 0.15) is 5.69 Å². The second-order valence-corrected chi connectivity index (χ2v) is 5.42. The summed E-state index contributed by atoms with van der Waals surface area (Å²) in [5.41, 5.74) is 6.34. The van der Waals surface area contributed by atoms with Gasteiger partial charge < -0.3 is 10.7 Å². The van der Waals surface area contributed by atoms with Gasteiger partial charge in [0.05, 0.1) is 5.02 Å². The van der Waals surface area contributed by atoms with Gasteiger partial charge in [-0.1, -0.05) is 17.7 Å². The maximum atomic E-state index is 13.3. The number of nitrogens with one attached hydrogen (secondary N) is 1. The minimum absolute atomic E-state index is 0.0381. The van der Waals surface area contributed by atoms with E-state index in [1.807, 2.05) is 0 Å². The molecule has 0 spiro atoms. The van der Waals surface area contributed by atoms with E-state index in [-0.39, 0.29) is 16.0 Å². The summed E-state index contributed by atoms with van der Waals surface area (Å²) < 4.78 is 13.2. The van der Waals surface area contributed by atoms with Crippen molar-refractivity contribution in [3.8, 4) is 11.3 Å². The fourth-order valence-corrected chi connectivity index (χ4v) is 2.47. The molecule has 1 aromatic carbocycles. The van der Waals surface area contributed by atoms with Crippen molar-refractivity contribution >= 4 is 44.1 Å². The van der Waals surface area contributed by atoms with Gasteiger partial charge in [0.15, 0.2) is 10.4 Å². The molecule has 21 heavy (non-hydrogen) atoms. The maximum absolute atomic E-state index is 13.3. The average Bonchev–Trinajstić information content (AvgIpc) is 2.46. The Hall–Kier alpha value is -1.99. The normalized spacial score (nSPS) is 11.0. The molecule has 106 valence electrons. The lowest BCUT2D eigenvalue weighted by Crippen LogP contribution is -2.05. The van der Waals surface area contributed by atoms with Crippen molar-refractivity contribution in [2.45, 2.75) is 0 Å². The average molecular weight is 370 g/mol. The van der Waals surface area contributed by atoms with Crippen LogP contribution in [0, 0.1) is 5.95 Å². The quantitative estimate of drug-likeness (QED) is 0.690. The fourth-order valence-electron chi connectivity index (χ4n) is 1.99. The molecule has 2 heterocycles. The van der Waals surface area contributed by atoms with Crippen LogP contribution in [-0.2, 0) is 0 Å². The lowest BCUT2D eigenvalue weighted by molar-refractivity contribution is 0.571. The van der Waals surface area contributed by atoms with Crippen LogP contribution in [0.1, 0.15) is 0 Å². The highest BCUT2D eigenvalue weighted by Gasteiger charge is 2.13. The monoisotopic (exact) mass is 368 g/mol. The standard InChI is InChI=1S/C13H7BrClFN4O/c14-10-11(16)20-12(17)9(19-10)5-1-2-6-7(3-5)8(15)4-18-13(6)21/h1-4H,(H2,17,20)(H,18,21). The first-order valence-electron chi connectivity index (χ1n) is 5.77. The van der Waals surface area contributed by atoms with Crippen molar-refractivity contribution in [2.24, 2.45) is 0 Å². The van der Waals surface area contributed by atoms with E-state index in [0.29, 0.717) is 27.1 Å². The van der Waals surface area contributed by atoms with Gasteiger partial charge in [0.2, 0.25) is 5.95 Å². The van der Waals surface area contributed by atoms with Crippen molar-refractivity contribution in [1.29, 1.82) is 0 Å². The summed E-state index contributed by atoms with van der Waals surface area (Å²) in [4.78, 5) is 21.8. The molecule has 3 N–H and O–H groups in total. The topological polar surface area (TPSA) is 84.7 Å². The number of hydrogen-bond donors (Lipinski definition) is 2. The molecule has 3 aromatic rings. The lowest BCUT2D eigenvalue weighted by Gasteiger charge is -2.07. The molecule has 0 amide bonds. The first-order chi connectivity index (χ1) is 9.97. The van der Waals surface area contributed by atoms with Crippen LogP contribution in [0.4, 0.5) is 10.2 Å². The molecular weight excluding hydrogens is 363 g/mol. The van der Waals surface area contributed by atoms with E-state index in [1.54, 1.807) is 18.2 Å². The molecule has 0 aliphatic carbocycles. The van der Waals surface area contributed by atoms with Crippen LogP contribution in [0.2, 0.25) is 5.02 Å². The summed E-state index contributed by atoms with van der Waals surface area (Å²) in [6.45, 7) is 0. The van der Waals surface area contributed by atoms with Crippen LogP contribution < -0.4 is 11.3 Å². The van der Waals surface area contributed by atoms with Crippen LogP contribution in [0.3, 0.4) is 0 Å². The Balaban J connectivity index is 2.29. The second kappa shape index (κ2) is 5.09. The zero-order chi connectivity index (χ0) is 15.1. The van der Waals surface area contributed by atoms with E-state index < -0.39 is 5.95 Å². The number of fused-ring (bicyclic) bond motifs is 1. The Kier molecular flexibility index (Phi) is 3.38. The van der Waals surface area contributed by atoms with Crippen molar-refractivity contribution in [3.63, 3.8) is 0 Å². The Morgan fingerprint density at radius 2 is 2.05 bits per heavy atom. The molecule has 0 bridgehead atoms. The molecule has 0 saturated heterocycles. The Morgan fingerprint density at radius 1 is 1.29 bits per heavy atom. The van der Waals surface area contributed by atoms with Crippen molar-refractivity contribution in [1.82, 2.24) is 15.0 Å². The summed E-state index contributed by atoms with van der Waals surface area (Å²) in [6, 6.07) is 4.92. The highest BCUT2D eigenvalue weighted by atomic mass is 79.9. The van der Waals surface area contributed by atoms with Crippen molar-refractivity contribution in [3.05, 3.63) is 50.3 Å². The predicted octanol–water partition coefficient (Wildman–Crippen LogP) is 3.12. The molecule has 0 radical (unpaired) electrons. The zero-order valence-corrected chi connectivity index (χ0v) is 12.7. The number of nitrogen functional groups attached to an aromatic ring is 1. The van der Waals surface area contributed by atoms with Gasteiger partial charge >= 0.3 is 0 Å². The SMILES string of the molecule is Nc1nc(F)c(Br)nc1-c1ccc2c(=O)[nH]cc(Cl)c2c1. The number of pyridine rings is 1. The number of halogens is 3. The molecule has 8 heteroatoms. The minimum atomic E-state index is -0.786. The van der Waals surface area contributed by atoms with Gasteiger partial charge in [-0.05, 0) is 28.1 Å². The number of H-pyrrole nitrogens is 1. The summed E-state index contributed by atoms with van der Waals surface area (Å²) in [5, 5.41) is 1.39. The minimum Gasteiger partial charge on any atom is -0.382 e. The number of aromatic amines is 1. The largest absolute Gasteiger partial charge is 0.382 e. The number of rotatable bonds is 1. The lowest BCUT2D eigenvalue weighted by atomic mass is 10.1. The number of anilines is 1. The third-order valence-electron chi connectivity index (χ3n) is 2.97. The molecular formula is C13H7BrClFN4O. The summed E-state index contributed by atoms with van der Waals surface area (Å²) >= 11 is 9.05. The summed E-state index contributed by atoms with van der Waals surface area (Å²) in [6.07, 6.45) is 1.41. The number of hydrogen-bond acceptors (Lipinski definition) is 4. The van der Waals surface area contributed by atoms with Crippen LogP contribution in [0.15, 0.2) is 33.8 Å². The number of nitrogens with zero attached hydrogens (tertiary/aromatic N) is 2. The van der Waals surface area contributed by atoms with Crippen LogP contribution in [0.5, 0.6) is 0 Å². The molecule has 5 nitrogen and oxygen atoms in total. The van der Waals surface area contributed by atoms with E-state index in [9.17, 15) is 9.18 Å². The molecule has 0 aliphatic heterocycles. The third-order valence-corrected chi connectivity index (χ3v) is 3.78. The number of nitrogens with two attached hydrogens (primary N) is 1. The van der Waals surface area contributed by atoms with Gasteiger partial charge in [-0.3, -0.25) is 4.79 Å². The molecule has 0 saturated carbocycles. The molecule has 0 aliphatic rings. The van der Waals surface area contributed by atoms with Gasteiger partial charge in [-0.15, -0.1) is 0 Å². The van der Waals surface area contributed by atoms with Crippen molar-refractivity contribution in [2.75, 3.05) is 5.73 Å². The van der Waals surface area contributed by atoms with Gasteiger partial charge in [0.25, 0.3) is 5.56 Å². The van der Waals surface area contributed by atoms with E-state index >= 15 is 0 Å². The smallest absolute Gasteiger partial charge is 0.255 e. The summed E-state index contributed by atoms with van der Waals surface area (Å²) in [7, 11) is 0. The molecule has 0 unspecified atom stereocenters. The van der Waals surface area contributed by atoms with Crippen LogP contribution >= 0.6 is 27.5 Å². The zero-order valence-electron chi connectivity index (χ0n) is 10.3. The fraction of sp³-hybridized carbons (Fsp3) is 0. The Bertz CT molecular complexity index is 928. The van der Waals surface area contributed by atoms with Crippen LogP contribution in [0.25, 0.3) is 22.0 Å². The molecule has 2 aromatic heterocycles. The maximum Gasteiger partial charge on any atom is 0.255 e. The van der Waals surface area contributed by atoms with Crippen LogP contribution in [-0.4, -0.2) is 15.0 Å². The third kappa shape index (κ3) is 2.38. The summed E-state index contributed by atoms with van der Waals surface area (Å²) in [5.74, 6) is -0.831. The number of benzene rings is 1. The van der Waals surface area contributed by atoms with Gasteiger partial charge in [-0.2, -0.15) is 9.37 Å². The number of aromatic nitrogens is 3. The second-order valence-electron chi connectivity index (χ2n) is 4.27. The molecule has 0 atom stereocenters. The Morgan fingerprint density at radius 3 is 2.81 bits per heavy atom. The highest BCUT2D eigenvalue weighted by molar-refractivity contribution is 9.10. The predicted molar refractivity (Wildman–Crippen MR) is 82.7 cm³/mol. The van der Waals surface area contributed by atoms with Crippen molar-refractivity contribution < 1.29 is 4.39 Å². The highest BCUT2D eigenvalue weighted by Crippen LogP contribution is 2.29. The van der Waals surface area contributed by atoms with E-state index in [0.717, 1.165) is 0 Å². The first kappa shape index (κ1) is 14.0. The first-order valence-corrected chi connectivity index (χ1v) is 6.94. The van der Waals surface area contributed by atoms with Gasteiger partial charge in [-0.25, -0.2) is 4.98 Å². The van der Waals surface area contributed by atoms with E-state index in [1.165, 1.54) is 6.20 Å².